The van der Waals surface area contributed by atoms with Crippen molar-refractivity contribution in [1.82, 2.24) is 4.90 Å². The first-order chi connectivity index (χ1) is 12.6. The molecule has 2 aromatic carbocycles. The Hall–Kier alpha value is -2.60. The minimum Gasteiger partial charge on any atom is -0.497 e. The molecule has 0 saturated carbocycles. The normalized spacial score (nSPS) is 14.1. The van der Waals surface area contributed by atoms with Gasteiger partial charge in [-0.05, 0) is 30.3 Å². The highest BCUT2D eigenvalue weighted by Crippen LogP contribution is 2.27. The van der Waals surface area contributed by atoms with E-state index in [2.05, 4.69) is 16.3 Å². The highest BCUT2D eigenvalue weighted by atomic mass is 35.5. The van der Waals surface area contributed by atoms with E-state index in [1.54, 1.807) is 37.3 Å². The van der Waals surface area contributed by atoms with Gasteiger partial charge in [-0.3, -0.25) is 0 Å². The van der Waals surface area contributed by atoms with E-state index in [9.17, 15) is 4.79 Å². The van der Waals surface area contributed by atoms with Crippen LogP contribution in [0.4, 0.5) is 16.2 Å². The van der Waals surface area contributed by atoms with Crippen molar-refractivity contribution in [1.29, 1.82) is 0 Å². The lowest BCUT2D eigenvalue weighted by molar-refractivity contribution is 0.208. The third-order valence-electron chi connectivity index (χ3n) is 4.39. The largest absolute Gasteiger partial charge is 0.497 e. The maximum Gasteiger partial charge on any atom is 0.321 e. The molecule has 0 aromatic heterocycles. The summed E-state index contributed by atoms with van der Waals surface area (Å²) < 4.78 is 10.4. The quantitative estimate of drug-likeness (QED) is 0.885. The molecule has 0 atom stereocenters. The van der Waals surface area contributed by atoms with Gasteiger partial charge in [0.25, 0.3) is 0 Å². The molecule has 3 rings (SSSR count). The zero-order chi connectivity index (χ0) is 18.5. The Bertz CT molecular complexity index is 776. The molecular weight excluding hydrogens is 354 g/mol. The average molecular weight is 376 g/mol. The van der Waals surface area contributed by atoms with Crippen LogP contribution in [0.25, 0.3) is 0 Å². The molecule has 1 fully saturated rings. The van der Waals surface area contributed by atoms with Crippen molar-refractivity contribution in [3.8, 4) is 11.5 Å². The number of carbonyl (C=O) groups is 1. The smallest absolute Gasteiger partial charge is 0.321 e. The summed E-state index contributed by atoms with van der Waals surface area (Å²) >= 11 is 6.10. The van der Waals surface area contributed by atoms with Crippen molar-refractivity contribution in [2.45, 2.75) is 0 Å². The van der Waals surface area contributed by atoms with Crippen LogP contribution in [0.15, 0.2) is 42.5 Å². The van der Waals surface area contributed by atoms with Crippen LogP contribution in [-0.2, 0) is 0 Å². The first-order valence-electron chi connectivity index (χ1n) is 8.39. The zero-order valence-electron chi connectivity index (χ0n) is 14.9. The number of hydrogen-bond donors (Lipinski definition) is 1. The number of ether oxygens (including phenoxy) is 2. The van der Waals surface area contributed by atoms with E-state index in [1.165, 1.54) is 0 Å². The zero-order valence-corrected chi connectivity index (χ0v) is 15.6. The third kappa shape index (κ3) is 4.14. The predicted molar refractivity (Wildman–Crippen MR) is 104 cm³/mol. The minimum absolute atomic E-state index is 0.128. The molecule has 0 bridgehead atoms. The van der Waals surface area contributed by atoms with Crippen LogP contribution in [0, 0.1) is 0 Å². The molecule has 1 aliphatic heterocycles. The van der Waals surface area contributed by atoms with Gasteiger partial charge in [-0.25, -0.2) is 4.79 Å². The van der Waals surface area contributed by atoms with Gasteiger partial charge in [0.1, 0.15) is 11.5 Å². The number of urea groups is 1. The molecule has 0 unspecified atom stereocenters. The van der Waals surface area contributed by atoms with E-state index >= 15 is 0 Å². The highest BCUT2D eigenvalue weighted by molar-refractivity contribution is 6.32. The molecule has 1 N–H and O–H groups in total. The van der Waals surface area contributed by atoms with E-state index in [-0.39, 0.29) is 6.03 Å². The van der Waals surface area contributed by atoms with Crippen molar-refractivity contribution in [3.63, 3.8) is 0 Å². The fourth-order valence-corrected chi connectivity index (χ4v) is 3.18. The Morgan fingerprint density at radius 2 is 1.81 bits per heavy atom. The first-order valence-corrected chi connectivity index (χ1v) is 8.77. The summed E-state index contributed by atoms with van der Waals surface area (Å²) in [6.45, 7) is 2.83. The number of nitrogens with zero attached hydrogens (tertiary/aromatic N) is 2. The molecule has 0 radical (unpaired) electrons. The Morgan fingerprint density at radius 1 is 1.04 bits per heavy atom. The fourth-order valence-electron chi connectivity index (χ4n) is 2.92. The molecule has 138 valence electrons. The number of hydrogen-bond acceptors (Lipinski definition) is 4. The number of benzene rings is 2. The number of methoxy groups -OCH3 is 2. The summed E-state index contributed by atoms with van der Waals surface area (Å²) in [4.78, 5) is 16.5. The van der Waals surface area contributed by atoms with Gasteiger partial charge in [-0.2, -0.15) is 0 Å². The van der Waals surface area contributed by atoms with E-state index in [0.717, 1.165) is 24.5 Å². The van der Waals surface area contributed by atoms with Crippen molar-refractivity contribution < 1.29 is 14.3 Å². The lowest BCUT2D eigenvalue weighted by Gasteiger charge is -2.36. The maximum absolute atomic E-state index is 12.5. The summed E-state index contributed by atoms with van der Waals surface area (Å²) in [5.41, 5.74) is 1.75. The molecule has 0 aliphatic carbocycles. The second kappa shape index (κ2) is 8.19. The van der Waals surface area contributed by atoms with E-state index < -0.39 is 0 Å². The minimum atomic E-state index is -0.128. The Kier molecular flexibility index (Phi) is 5.73. The van der Waals surface area contributed by atoms with Gasteiger partial charge in [0.15, 0.2) is 0 Å². The van der Waals surface area contributed by atoms with Gasteiger partial charge in [0.05, 0.1) is 19.2 Å². The van der Waals surface area contributed by atoms with Gasteiger partial charge >= 0.3 is 6.03 Å². The molecular formula is C19H22ClN3O3. The summed E-state index contributed by atoms with van der Waals surface area (Å²) in [5, 5.41) is 3.35. The van der Waals surface area contributed by atoms with Gasteiger partial charge in [0.2, 0.25) is 0 Å². The molecule has 6 nitrogen and oxygen atoms in total. The predicted octanol–water partition coefficient (Wildman–Crippen LogP) is 3.71. The number of piperazine rings is 1. The van der Waals surface area contributed by atoms with Gasteiger partial charge in [-0.15, -0.1) is 0 Å². The lowest BCUT2D eigenvalue weighted by atomic mass is 10.2. The standard InChI is InChI=1S/C19H22ClN3O3/c1-25-16-5-3-4-15(13-16)22-8-10-23(11-9-22)19(24)21-14-6-7-18(26-2)17(20)12-14/h3-7,12-13H,8-11H2,1-2H3,(H,21,24). The second-order valence-electron chi connectivity index (χ2n) is 5.96. The monoisotopic (exact) mass is 375 g/mol. The lowest BCUT2D eigenvalue weighted by Crippen LogP contribution is -2.50. The van der Waals surface area contributed by atoms with E-state index in [1.807, 2.05) is 18.2 Å². The van der Waals surface area contributed by atoms with Crippen LogP contribution >= 0.6 is 11.6 Å². The van der Waals surface area contributed by atoms with E-state index in [0.29, 0.717) is 29.5 Å². The second-order valence-corrected chi connectivity index (χ2v) is 6.36. The summed E-state index contributed by atoms with van der Waals surface area (Å²) in [7, 11) is 3.22. The van der Waals surface area contributed by atoms with Crippen molar-refractivity contribution in [2.75, 3.05) is 50.6 Å². The van der Waals surface area contributed by atoms with Crippen LogP contribution in [0.1, 0.15) is 0 Å². The molecule has 26 heavy (non-hydrogen) atoms. The van der Waals surface area contributed by atoms with Gasteiger partial charge in [-0.1, -0.05) is 17.7 Å². The summed E-state index contributed by atoms with van der Waals surface area (Å²) in [6, 6.07) is 13.0. The van der Waals surface area contributed by atoms with Crippen LogP contribution in [0.5, 0.6) is 11.5 Å². The number of anilines is 2. The molecule has 7 heteroatoms. The fraction of sp³-hybridized carbons (Fsp3) is 0.316. The molecule has 2 amide bonds. The van der Waals surface area contributed by atoms with Crippen molar-refractivity contribution in [3.05, 3.63) is 47.5 Å². The SMILES string of the molecule is COc1cccc(N2CCN(C(=O)Nc3ccc(OC)c(Cl)c3)CC2)c1. The van der Waals surface area contributed by atoms with Crippen molar-refractivity contribution in [2.24, 2.45) is 0 Å². The van der Waals surface area contributed by atoms with Gasteiger partial charge < -0.3 is 24.6 Å². The topological polar surface area (TPSA) is 54.0 Å². The van der Waals surface area contributed by atoms with Crippen LogP contribution < -0.4 is 19.7 Å². The number of halogens is 1. The Balaban J connectivity index is 1.57. The summed E-state index contributed by atoms with van der Waals surface area (Å²) in [5.74, 6) is 1.41. The van der Waals surface area contributed by atoms with Crippen LogP contribution in [0.2, 0.25) is 5.02 Å². The van der Waals surface area contributed by atoms with Gasteiger partial charge in [0, 0.05) is 43.6 Å². The van der Waals surface area contributed by atoms with Crippen LogP contribution in [-0.4, -0.2) is 51.3 Å². The van der Waals surface area contributed by atoms with Crippen LogP contribution in [0.3, 0.4) is 0 Å². The highest BCUT2D eigenvalue weighted by Gasteiger charge is 2.21. The molecule has 1 heterocycles. The van der Waals surface area contributed by atoms with Crippen molar-refractivity contribution >= 4 is 29.0 Å². The number of nitrogens with one attached hydrogen (secondary N) is 1. The molecule has 2 aromatic rings. The number of rotatable bonds is 4. The van der Waals surface area contributed by atoms with E-state index in [4.69, 9.17) is 21.1 Å². The first kappa shape index (κ1) is 18.2. The average Bonchev–Trinajstić information content (AvgIpc) is 2.68. The molecule has 1 aliphatic rings. The Morgan fingerprint density at radius 3 is 2.46 bits per heavy atom. The Labute approximate surface area is 158 Å². The number of amides is 2. The number of carbonyl (C=O) groups excluding carboxylic acids is 1. The molecule has 1 saturated heterocycles. The third-order valence-corrected chi connectivity index (χ3v) is 4.68. The maximum atomic E-state index is 12.5. The summed E-state index contributed by atoms with van der Waals surface area (Å²) in [6.07, 6.45) is 0. The molecule has 0 spiro atoms.